The number of aromatic nitrogens is 1. The first-order valence-corrected chi connectivity index (χ1v) is 5.99. The smallest absolute Gasteiger partial charge is 0.337 e. The zero-order chi connectivity index (χ0) is 14.0. The van der Waals surface area contributed by atoms with Crippen LogP contribution in [0.4, 0.5) is 5.82 Å². The molecule has 0 atom stereocenters. The summed E-state index contributed by atoms with van der Waals surface area (Å²) in [5.41, 5.74) is 1.07. The molecule has 0 spiro atoms. The number of aromatic carboxylic acids is 1. The van der Waals surface area contributed by atoms with Gasteiger partial charge in [0.1, 0.15) is 11.6 Å². The molecule has 0 aliphatic rings. The third-order valence-corrected chi connectivity index (χ3v) is 3.14. The number of rotatable bonds is 4. The molecule has 0 radical (unpaired) electrons. The van der Waals surface area contributed by atoms with Gasteiger partial charge in [0.25, 0.3) is 0 Å². The van der Waals surface area contributed by atoms with Crippen molar-refractivity contribution in [2.24, 2.45) is 0 Å². The molecule has 2 rings (SSSR count). The van der Waals surface area contributed by atoms with E-state index in [0.29, 0.717) is 12.4 Å². The van der Waals surface area contributed by atoms with Crippen LogP contribution in [0.3, 0.4) is 0 Å². The van der Waals surface area contributed by atoms with E-state index >= 15 is 0 Å². The molecule has 6 heteroatoms. The molecule has 0 aliphatic carbocycles. The van der Waals surface area contributed by atoms with Crippen LogP contribution >= 0.6 is 11.6 Å². The third kappa shape index (κ3) is 2.88. The summed E-state index contributed by atoms with van der Waals surface area (Å²) < 4.78 is 5.22. The van der Waals surface area contributed by atoms with Crippen LogP contribution < -0.4 is 4.90 Å². The number of halogens is 1. The summed E-state index contributed by atoms with van der Waals surface area (Å²) in [6.07, 6.45) is 2.97. The molecular formula is C13H13ClN2O3. The second-order valence-electron chi connectivity index (χ2n) is 4.19. The van der Waals surface area contributed by atoms with Crippen molar-refractivity contribution in [2.45, 2.75) is 13.5 Å². The molecule has 2 aromatic rings. The fourth-order valence-corrected chi connectivity index (χ4v) is 1.90. The first-order chi connectivity index (χ1) is 8.99. The van der Waals surface area contributed by atoms with Crippen LogP contribution in [0.2, 0.25) is 5.02 Å². The molecule has 2 aromatic heterocycles. The van der Waals surface area contributed by atoms with E-state index in [4.69, 9.17) is 21.1 Å². The van der Waals surface area contributed by atoms with Gasteiger partial charge in [-0.2, -0.15) is 0 Å². The highest BCUT2D eigenvalue weighted by atomic mass is 35.5. The molecule has 0 fully saturated rings. The predicted molar refractivity (Wildman–Crippen MR) is 71.8 cm³/mol. The van der Waals surface area contributed by atoms with Gasteiger partial charge in [-0.25, -0.2) is 9.78 Å². The van der Waals surface area contributed by atoms with E-state index in [-0.39, 0.29) is 10.6 Å². The number of furan rings is 1. The van der Waals surface area contributed by atoms with Gasteiger partial charge in [0.15, 0.2) is 0 Å². The van der Waals surface area contributed by atoms with Gasteiger partial charge in [0.05, 0.1) is 16.8 Å². The van der Waals surface area contributed by atoms with Crippen LogP contribution in [0.5, 0.6) is 0 Å². The molecular weight excluding hydrogens is 268 g/mol. The maximum absolute atomic E-state index is 11.0. The fourth-order valence-electron chi connectivity index (χ4n) is 1.71. The fraction of sp³-hybridized carbons (Fsp3) is 0.231. The second-order valence-corrected chi connectivity index (χ2v) is 4.59. The average Bonchev–Trinajstić information content (AvgIpc) is 2.75. The molecule has 0 aliphatic heterocycles. The highest BCUT2D eigenvalue weighted by Gasteiger charge is 2.13. The van der Waals surface area contributed by atoms with Crippen molar-refractivity contribution in [3.63, 3.8) is 0 Å². The Bertz CT molecular complexity index is 610. The van der Waals surface area contributed by atoms with Crippen LogP contribution in [-0.4, -0.2) is 23.1 Å². The van der Waals surface area contributed by atoms with E-state index in [1.807, 2.05) is 24.9 Å². The molecule has 1 N–H and O–H groups in total. The van der Waals surface area contributed by atoms with Crippen molar-refractivity contribution in [1.82, 2.24) is 4.98 Å². The first kappa shape index (κ1) is 13.4. The summed E-state index contributed by atoms with van der Waals surface area (Å²) in [4.78, 5) is 17.0. The largest absolute Gasteiger partial charge is 0.478 e. The zero-order valence-electron chi connectivity index (χ0n) is 10.6. The number of hydrogen-bond donors (Lipinski definition) is 1. The molecule has 0 bridgehead atoms. The lowest BCUT2D eigenvalue weighted by molar-refractivity contribution is 0.0697. The summed E-state index contributed by atoms with van der Waals surface area (Å²) >= 11 is 5.79. The molecule has 0 saturated carbocycles. The Balaban J connectivity index is 2.24. The van der Waals surface area contributed by atoms with Crippen LogP contribution in [0, 0.1) is 6.92 Å². The lowest BCUT2D eigenvalue weighted by Crippen LogP contribution is -2.18. The first-order valence-electron chi connectivity index (χ1n) is 5.62. The molecule has 2 heterocycles. The zero-order valence-corrected chi connectivity index (χ0v) is 11.3. The summed E-state index contributed by atoms with van der Waals surface area (Å²) in [6, 6.07) is 3.33. The van der Waals surface area contributed by atoms with Crippen LogP contribution in [-0.2, 0) is 6.54 Å². The maximum atomic E-state index is 11.0. The standard InChI is InChI=1S/C13H13ClN2O3/c1-8-9(3-4-19-8)7-16(2)12-5-10(13(17)18)11(14)6-15-12/h3-6H,7H2,1-2H3,(H,17,18). The summed E-state index contributed by atoms with van der Waals surface area (Å²) in [7, 11) is 1.83. The van der Waals surface area contributed by atoms with Crippen LogP contribution in [0.25, 0.3) is 0 Å². The van der Waals surface area contributed by atoms with Gasteiger partial charge in [-0.1, -0.05) is 11.6 Å². The minimum atomic E-state index is -1.07. The number of anilines is 1. The van der Waals surface area contributed by atoms with E-state index in [2.05, 4.69) is 4.98 Å². The van der Waals surface area contributed by atoms with E-state index in [0.717, 1.165) is 11.3 Å². The quantitative estimate of drug-likeness (QED) is 0.932. The number of aryl methyl sites for hydroxylation is 1. The molecule has 0 unspecified atom stereocenters. The van der Waals surface area contributed by atoms with Gasteiger partial charge in [-0.05, 0) is 19.1 Å². The van der Waals surface area contributed by atoms with Gasteiger partial charge in [-0.3, -0.25) is 0 Å². The van der Waals surface area contributed by atoms with E-state index in [9.17, 15) is 4.79 Å². The minimum absolute atomic E-state index is 0.0439. The second kappa shape index (κ2) is 5.32. The number of carboxylic acid groups (broad SMARTS) is 1. The topological polar surface area (TPSA) is 66.6 Å². The van der Waals surface area contributed by atoms with Gasteiger partial charge >= 0.3 is 5.97 Å². The number of nitrogens with zero attached hydrogens (tertiary/aromatic N) is 2. The van der Waals surface area contributed by atoms with E-state index in [1.165, 1.54) is 12.3 Å². The number of pyridine rings is 1. The van der Waals surface area contributed by atoms with Crippen molar-refractivity contribution >= 4 is 23.4 Å². The minimum Gasteiger partial charge on any atom is -0.478 e. The normalized spacial score (nSPS) is 10.5. The van der Waals surface area contributed by atoms with Gasteiger partial charge in [0.2, 0.25) is 0 Å². The van der Waals surface area contributed by atoms with Crippen molar-refractivity contribution in [3.8, 4) is 0 Å². The van der Waals surface area contributed by atoms with Gasteiger partial charge in [-0.15, -0.1) is 0 Å². The molecule has 0 saturated heterocycles. The molecule has 0 aromatic carbocycles. The Kier molecular flexibility index (Phi) is 3.76. The van der Waals surface area contributed by atoms with Crippen LogP contribution in [0.1, 0.15) is 21.7 Å². The number of carbonyl (C=O) groups is 1. The lowest BCUT2D eigenvalue weighted by atomic mass is 10.2. The lowest BCUT2D eigenvalue weighted by Gasteiger charge is -2.18. The predicted octanol–water partition coefficient (Wildman–Crippen LogP) is 2.97. The van der Waals surface area contributed by atoms with Crippen molar-refractivity contribution in [2.75, 3.05) is 11.9 Å². The Morgan fingerprint density at radius 1 is 1.58 bits per heavy atom. The SMILES string of the molecule is Cc1occc1CN(C)c1cc(C(=O)O)c(Cl)cn1. The Labute approximate surface area is 115 Å². The van der Waals surface area contributed by atoms with Crippen molar-refractivity contribution in [3.05, 3.63) is 46.5 Å². The molecule has 5 nitrogen and oxygen atoms in total. The average molecular weight is 281 g/mol. The van der Waals surface area contributed by atoms with Gasteiger partial charge < -0.3 is 14.4 Å². The Morgan fingerprint density at radius 2 is 2.32 bits per heavy atom. The molecule has 0 amide bonds. The maximum Gasteiger partial charge on any atom is 0.337 e. The van der Waals surface area contributed by atoms with E-state index < -0.39 is 5.97 Å². The Morgan fingerprint density at radius 3 is 2.89 bits per heavy atom. The summed E-state index contributed by atoms with van der Waals surface area (Å²) in [5.74, 6) is 0.309. The number of carboxylic acids is 1. The number of hydrogen-bond acceptors (Lipinski definition) is 4. The highest BCUT2D eigenvalue weighted by molar-refractivity contribution is 6.33. The summed E-state index contributed by atoms with van der Waals surface area (Å²) in [6.45, 7) is 2.46. The summed E-state index contributed by atoms with van der Waals surface area (Å²) in [5, 5.41) is 9.16. The molecule has 100 valence electrons. The van der Waals surface area contributed by atoms with Crippen molar-refractivity contribution < 1.29 is 14.3 Å². The van der Waals surface area contributed by atoms with E-state index in [1.54, 1.807) is 6.26 Å². The Hall–Kier alpha value is -2.01. The monoisotopic (exact) mass is 280 g/mol. The van der Waals surface area contributed by atoms with Crippen molar-refractivity contribution in [1.29, 1.82) is 0 Å². The van der Waals surface area contributed by atoms with Crippen LogP contribution in [0.15, 0.2) is 29.0 Å². The van der Waals surface area contributed by atoms with Gasteiger partial charge in [0, 0.05) is 25.4 Å². The third-order valence-electron chi connectivity index (χ3n) is 2.84. The highest BCUT2D eigenvalue weighted by Crippen LogP contribution is 2.21. The molecule has 19 heavy (non-hydrogen) atoms.